The van der Waals surface area contributed by atoms with Crippen LogP contribution in [0.1, 0.15) is 32.8 Å². The lowest BCUT2D eigenvalue weighted by Crippen LogP contribution is -2.37. The van der Waals surface area contributed by atoms with Crippen molar-refractivity contribution in [1.82, 2.24) is 9.80 Å². The van der Waals surface area contributed by atoms with Gasteiger partial charge in [-0.15, -0.1) is 0 Å². The lowest BCUT2D eigenvalue weighted by Gasteiger charge is -2.24. The molecule has 6 heteroatoms. The van der Waals surface area contributed by atoms with Crippen LogP contribution in [0.25, 0.3) is 0 Å². The van der Waals surface area contributed by atoms with Gasteiger partial charge in [-0.25, -0.2) is 0 Å². The quantitative estimate of drug-likeness (QED) is 0.650. The molecule has 0 N–H and O–H groups in total. The molecule has 0 fully saturated rings. The largest absolute Gasteiger partial charge is 0.493 e. The third kappa shape index (κ3) is 6.29. The Morgan fingerprint density at radius 3 is 2.12 bits per heavy atom. The van der Waals surface area contributed by atoms with E-state index in [-0.39, 0.29) is 11.8 Å². The van der Waals surface area contributed by atoms with E-state index >= 15 is 0 Å². The molecule has 0 unspecified atom stereocenters. The molecule has 0 aliphatic carbocycles. The number of nitrogens with zero attached hydrogens (tertiary/aromatic N) is 2. The first-order chi connectivity index (χ1) is 12.0. The molecule has 1 aromatic carbocycles. The fourth-order valence-corrected chi connectivity index (χ4v) is 2.69. The minimum absolute atomic E-state index is 0.0205. The van der Waals surface area contributed by atoms with Crippen LogP contribution in [-0.2, 0) is 16.0 Å². The highest BCUT2D eigenvalue weighted by atomic mass is 16.5. The highest BCUT2D eigenvalue weighted by Crippen LogP contribution is 2.27. The molecule has 25 heavy (non-hydrogen) atoms. The van der Waals surface area contributed by atoms with Gasteiger partial charge in [0.2, 0.25) is 11.8 Å². The van der Waals surface area contributed by atoms with Crippen molar-refractivity contribution >= 4 is 11.8 Å². The molecule has 0 saturated carbocycles. The number of methoxy groups -OCH3 is 2. The number of ether oxygens (including phenoxy) is 2. The second-order valence-electron chi connectivity index (χ2n) is 5.76. The van der Waals surface area contributed by atoms with Gasteiger partial charge >= 0.3 is 0 Å². The van der Waals surface area contributed by atoms with E-state index in [0.29, 0.717) is 50.5 Å². The first-order valence-corrected chi connectivity index (χ1v) is 8.70. The topological polar surface area (TPSA) is 59.1 Å². The number of hydrogen-bond acceptors (Lipinski definition) is 4. The summed E-state index contributed by atoms with van der Waals surface area (Å²) in [7, 11) is 3.20. The van der Waals surface area contributed by atoms with E-state index in [0.717, 1.165) is 5.56 Å². The van der Waals surface area contributed by atoms with Crippen molar-refractivity contribution in [3.05, 3.63) is 23.8 Å². The number of carbonyl (C=O) groups is 2. The lowest BCUT2D eigenvalue weighted by molar-refractivity contribution is -0.133. The molecule has 0 spiro atoms. The normalized spacial score (nSPS) is 10.3. The van der Waals surface area contributed by atoms with Crippen molar-refractivity contribution in [3.8, 4) is 11.5 Å². The number of hydrogen-bond donors (Lipinski definition) is 0. The molecule has 0 radical (unpaired) electrons. The van der Waals surface area contributed by atoms with Gasteiger partial charge in [-0.3, -0.25) is 9.59 Å². The monoisotopic (exact) mass is 350 g/mol. The highest BCUT2D eigenvalue weighted by Gasteiger charge is 2.15. The number of amides is 2. The molecule has 6 nitrogen and oxygen atoms in total. The van der Waals surface area contributed by atoms with Crippen LogP contribution in [0.15, 0.2) is 18.2 Å². The number of benzene rings is 1. The average molecular weight is 350 g/mol. The molecule has 0 atom stereocenters. The van der Waals surface area contributed by atoms with Gasteiger partial charge in [0.05, 0.1) is 14.2 Å². The summed E-state index contributed by atoms with van der Waals surface area (Å²) in [6.07, 6.45) is 1.05. The van der Waals surface area contributed by atoms with E-state index < -0.39 is 0 Å². The summed E-state index contributed by atoms with van der Waals surface area (Å²) in [5.74, 6) is 1.42. The SMILES string of the molecule is CCN(CC)C(=O)CCN(CCc1ccc(OC)c(OC)c1)C(C)=O. The predicted molar refractivity (Wildman–Crippen MR) is 98.0 cm³/mol. The fraction of sp³-hybridized carbons (Fsp3) is 0.579. The van der Waals surface area contributed by atoms with E-state index in [2.05, 4.69) is 0 Å². The lowest BCUT2D eigenvalue weighted by atomic mass is 10.1. The van der Waals surface area contributed by atoms with Gasteiger partial charge < -0.3 is 19.3 Å². The average Bonchev–Trinajstić information content (AvgIpc) is 2.62. The smallest absolute Gasteiger partial charge is 0.224 e. The molecule has 0 aromatic heterocycles. The maximum atomic E-state index is 12.1. The van der Waals surface area contributed by atoms with Crippen molar-refractivity contribution in [2.24, 2.45) is 0 Å². The summed E-state index contributed by atoms with van der Waals surface area (Å²) in [5.41, 5.74) is 1.05. The van der Waals surface area contributed by atoms with E-state index in [9.17, 15) is 9.59 Å². The zero-order valence-corrected chi connectivity index (χ0v) is 16.0. The Morgan fingerprint density at radius 2 is 1.60 bits per heavy atom. The Kier molecular flexibility index (Phi) is 8.81. The van der Waals surface area contributed by atoms with Gasteiger partial charge in [0, 0.05) is 39.5 Å². The molecule has 0 saturated heterocycles. The summed E-state index contributed by atoms with van der Waals surface area (Å²) in [4.78, 5) is 27.5. The Labute approximate surface area is 150 Å². The van der Waals surface area contributed by atoms with Gasteiger partial charge in [0.15, 0.2) is 11.5 Å². The summed E-state index contributed by atoms with van der Waals surface area (Å²) < 4.78 is 10.5. The van der Waals surface area contributed by atoms with Gasteiger partial charge in [0.25, 0.3) is 0 Å². The molecular formula is C19H30N2O4. The molecule has 140 valence electrons. The summed E-state index contributed by atoms with van der Waals surface area (Å²) in [6.45, 7) is 7.86. The molecule has 0 heterocycles. The Balaban J connectivity index is 2.64. The van der Waals surface area contributed by atoms with Crippen molar-refractivity contribution in [2.75, 3.05) is 40.4 Å². The molecule has 2 amide bonds. The van der Waals surface area contributed by atoms with E-state index in [1.54, 1.807) is 24.0 Å². The van der Waals surface area contributed by atoms with Gasteiger partial charge in [0.1, 0.15) is 0 Å². The van der Waals surface area contributed by atoms with Gasteiger partial charge in [-0.05, 0) is 38.0 Å². The van der Waals surface area contributed by atoms with Gasteiger partial charge in [-0.2, -0.15) is 0 Å². The first kappa shape index (κ1) is 20.8. The third-order valence-corrected chi connectivity index (χ3v) is 4.28. The zero-order chi connectivity index (χ0) is 18.8. The molecular weight excluding hydrogens is 320 g/mol. The van der Waals surface area contributed by atoms with Crippen molar-refractivity contribution < 1.29 is 19.1 Å². The third-order valence-electron chi connectivity index (χ3n) is 4.28. The molecule has 0 bridgehead atoms. The van der Waals surface area contributed by atoms with Crippen LogP contribution < -0.4 is 9.47 Å². The first-order valence-electron chi connectivity index (χ1n) is 8.70. The van der Waals surface area contributed by atoms with E-state index in [1.807, 2.05) is 32.0 Å². The Bertz CT molecular complexity index is 571. The van der Waals surface area contributed by atoms with Gasteiger partial charge in [-0.1, -0.05) is 6.07 Å². The standard InChI is InChI=1S/C19H30N2O4/c1-6-20(7-2)19(23)11-13-21(15(3)22)12-10-16-8-9-17(24-4)18(14-16)25-5/h8-9,14H,6-7,10-13H2,1-5H3. The number of carbonyl (C=O) groups excluding carboxylic acids is 2. The second kappa shape index (κ2) is 10.6. The summed E-state index contributed by atoms with van der Waals surface area (Å²) in [6, 6.07) is 5.73. The number of rotatable bonds is 10. The highest BCUT2D eigenvalue weighted by molar-refractivity contribution is 5.78. The molecule has 0 aliphatic heterocycles. The van der Waals surface area contributed by atoms with Crippen LogP contribution in [0.4, 0.5) is 0 Å². The maximum Gasteiger partial charge on any atom is 0.224 e. The van der Waals surface area contributed by atoms with Crippen LogP contribution in [0.5, 0.6) is 11.5 Å². The van der Waals surface area contributed by atoms with Crippen LogP contribution in [-0.4, -0.2) is 62.0 Å². The van der Waals surface area contributed by atoms with Crippen molar-refractivity contribution in [1.29, 1.82) is 0 Å². The predicted octanol–water partition coefficient (Wildman–Crippen LogP) is 2.35. The van der Waals surface area contributed by atoms with Crippen molar-refractivity contribution in [3.63, 3.8) is 0 Å². The van der Waals surface area contributed by atoms with E-state index in [1.165, 1.54) is 6.92 Å². The summed E-state index contributed by atoms with van der Waals surface area (Å²) in [5, 5.41) is 0. The molecule has 0 aliphatic rings. The molecule has 1 aromatic rings. The maximum absolute atomic E-state index is 12.1. The Hall–Kier alpha value is -2.24. The fourth-order valence-electron chi connectivity index (χ4n) is 2.69. The van der Waals surface area contributed by atoms with Crippen LogP contribution in [0.2, 0.25) is 0 Å². The van der Waals surface area contributed by atoms with Crippen LogP contribution in [0, 0.1) is 0 Å². The van der Waals surface area contributed by atoms with Crippen molar-refractivity contribution in [2.45, 2.75) is 33.6 Å². The summed E-state index contributed by atoms with van der Waals surface area (Å²) >= 11 is 0. The Morgan fingerprint density at radius 1 is 0.960 bits per heavy atom. The molecule has 1 rings (SSSR count). The second-order valence-corrected chi connectivity index (χ2v) is 5.76. The minimum Gasteiger partial charge on any atom is -0.493 e. The van der Waals surface area contributed by atoms with E-state index in [4.69, 9.17) is 9.47 Å². The zero-order valence-electron chi connectivity index (χ0n) is 16.0. The van der Waals surface area contributed by atoms with Crippen LogP contribution >= 0.6 is 0 Å². The minimum atomic E-state index is -0.0205. The van der Waals surface area contributed by atoms with Crippen LogP contribution in [0.3, 0.4) is 0 Å².